The van der Waals surface area contributed by atoms with Crippen LogP contribution in [0.1, 0.15) is 6.92 Å². The van der Waals surface area contributed by atoms with Crippen molar-refractivity contribution < 1.29 is 27.1 Å². The first-order chi connectivity index (χ1) is 8.27. The molecule has 0 aliphatic heterocycles. The van der Waals surface area contributed by atoms with E-state index in [1.807, 2.05) is 0 Å². The van der Waals surface area contributed by atoms with E-state index in [0.29, 0.717) is 10.4 Å². The van der Waals surface area contributed by atoms with E-state index in [4.69, 9.17) is 5.11 Å². The van der Waals surface area contributed by atoms with Gasteiger partial charge in [0.05, 0.1) is 11.4 Å². The minimum atomic E-state index is -3.87. The Morgan fingerprint density at radius 3 is 2.39 bits per heavy atom. The van der Waals surface area contributed by atoms with Crippen molar-refractivity contribution in [2.75, 3.05) is 16.6 Å². The highest BCUT2D eigenvalue weighted by molar-refractivity contribution is 7.92. The van der Waals surface area contributed by atoms with Crippen molar-refractivity contribution in [2.24, 2.45) is 0 Å². The lowest BCUT2D eigenvalue weighted by Gasteiger charge is -2.21. The van der Waals surface area contributed by atoms with Crippen LogP contribution in [0.2, 0.25) is 0 Å². The SMILES string of the molecule is CCS(=O)(=O)N(CC(=O)O)c1ccc(F)c(F)c1. The Hall–Kier alpha value is -1.70. The molecule has 0 atom stereocenters. The number of hydrogen-bond donors (Lipinski definition) is 1. The molecule has 0 spiro atoms. The minimum absolute atomic E-state index is 0.224. The monoisotopic (exact) mass is 279 g/mol. The smallest absolute Gasteiger partial charge is 0.324 e. The second kappa shape index (κ2) is 5.30. The zero-order valence-electron chi connectivity index (χ0n) is 9.43. The number of carboxylic acids is 1. The highest BCUT2D eigenvalue weighted by Gasteiger charge is 2.24. The Labute approximate surface area is 103 Å². The van der Waals surface area contributed by atoms with Gasteiger partial charge in [-0.3, -0.25) is 9.10 Å². The van der Waals surface area contributed by atoms with Gasteiger partial charge in [-0.05, 0) is 19.1 Å². The Bertz CT molecular complexity index is 559. The van der Waals surface area contributed by atoms with Gasteiger partial charge in [0.25, 0.3) is 0 Å². The van der Waals surface area contributed by atoms with Crippen LogP contribution in [-0.2, 0) is 14.8 Å². The van der Waals surface area contributed by atoms with Crippen LogP contribution >= 0.6 is 0 Å². The Morgan fingerprint density at radius 1 is 1.33 bits per heavy atom. The molecule has 0 aliphatic carbocycles. The van der Waals surface area contributed by atoms with Gasteiger partial charge in [-0.2, -0.15) is 0 Å². The Kier molecular flexibility index (Phi) is 4.23. The summed E-state index contributed by atoms with van der Waals surface area (Å²) in [5.41, 5.74) is -0.224. The molecule has 0 amide bonds. The number of sulfonamides is 1. The van der Waals surface area contributed by atoms with E-state index in [1.165, 1.54) is 6.92 Å². The molecule has 0 bridgehead atoms. The number of carboxylic acid groups (broad SMARTS) is 1. The molecule has 0 saturated carbocycles. The van der Waals surface area contributed by atoms with Gasteiger partial charge in [0.1, 0.15) is 6.54 Å². The van der Waals surface area contributed by atoms with Crippen LogP contribution in [0.3, 0.4) is 0 Å². The Balaban J connectivity index is 3.26. The maximum Gasteiger partial charge on any atom is 0.324 e. The van der Waals surface area contributed by atoms with Gasteiger partial charge in [-0.25, -0.2) is 17.2 Å². The normalized spacial score (nSPS) is 11.3. The lowest BCUT2D eigenvalue weighted by Crippen LogP contribution is -2.36. The topological polar surface area (TPSA) is 74.7 Å². The molecule has 0 aromatic heterocycles. The lowest BCUT2D eigenvalue weighted by atomic mass is 10.3. The second-order valence-corrected chi connectivity index (χ2v) is 5.58. The van der Waals surface area contributed by atoms with Crippen LogP contribution in [-0.4, -0.2) is 31.8 Å². The molecule has 18 heavy (non-hydrogen) atoms. The summed E-state index contributed by atoms with van der Waals surface area (Å²) in [4.78, 5) is 10.6. The molecule has 1 rings (SSSR count). The molecule has 100 valence electrons. The maximum atomic E-state index is 13.0. The van der Waals surface area contributed by atoms with E-state index in [9.17, 15) is 22.0 Å². The molecule has 0 fully saturated rings. The third kappa shape index (κ3) is 3.16. The number of carbonyl (C=O) groups is 1. The minimum Gasteiger partial charge on any atom is -0.480 e. The predicted molar refractivity (Wildman–Crippen MR) is 60.8 cm³/mol. The molecule has 0 saturated heterocycles. The first-order valence-electron chi connectivity index (χ1n) is 4.95. The average molecular weight is 279 g/mol. The van der Waals surface area contributed by atoms with Crippen molar-refractivity contribution in [3.8, 4) is 0 Å². The summed E-state index contributed by atoms with van der Waals surface area (Å²) in [5.74, 6) is -4.12. The number of nitrogens with zero attached hydrogens (tertiary/aromatic N) is 1. The molecule has 8 heteroatoms. The van der Waals surface area contributed by atoms with Crippen molar-refractivity contribution >= 4 is 21.7 Å². The fraction of sp³-hybridized carbons (Fsp3) is 0.300. The molecular formula is C10H11F2NO4S. The van der Waals surface area contributed by atoms with Gasteiger partial charge in [0.2, 0.25) is 10.0 Å². The highest BCUT2D eigenvalue weighted by Crippen LogP contribution is 2.21. The van der Waals surface area contributed by atoms with Crippen LogP contribution in [0.15, 0.2) is 18.2 Å². The summed E-state index contributed by atoms with van der Waals surface area (Å²) >= 11 is 0. The van der Waals surface area contributed by atoms with Crippen LogP contribution in [0.5, 0.6) is 0 Å². The van der Waals surface area contributed by atoms with E-state index >= 15 is 0 Å². The second-order valence-electron chi connectivity index (χ2n) is 3.40. The van der Waals surface area contributed by atoms with Crippen molar-refractivity contribution in [1.82, 2.24) is 0 Å². The van der Waals surface area contributed by atoms with Crippen molar-refractivity contribution in [3.05, 3.63) is 29.8 Å². The number of rotatable bonds is 5. The molecule has 0 radical (unpaired) electrons. The molecule has 0 aliphatic rings. The standard InChI is InChI=1S/C10H11F2NO4S/c1-2-18(16,17)13(6-10(14)15)7-3-4-8(11)9(12)5-7/h3-5H,2,6H2,1H3,(H,14,15). The first kappa shape index (κ1) is 14.4. The average Bonchev–Trinajstić information content (AvgIpc) is 2.29. The fourth-order valence-electron chi connectivity index (χ4n) is 1.27. The zero-order chi connectivity index (χ0) is 13.9. The van der Waals surface area contributed by atoms with Gasteiger partial charge in [0, 0.05) is 6.07 Å². The molecule has 0 heterocycles. The van der Waals surface area contributed by atoms with Crippen molar-refractivity contribution in [3.63, 3.8) is 0 Å². The molecule has 1 aromatic carbocycles. The Morgan fingerprint density at radius 2 is 1.94 bits per heavy atom. The third-order valence-electron chi connectivity index (χ3n) is 2.17. The molecule has 1 N–H and O–H groups in total. The number of hydrogen-bond acceptors (Lipinski definition) is 3. The van der Waals surface area contributed by atoms with Gasteiger partial charge in [-0.1, -0.05) is 0 Å². The fourth-order valence-corrected chi connectivity index (χ4v) is 2.32. The van der Waals surface area contributed by atoms with Crippen LogP contribution < -0.4 is 4.31 Å². The summed E-state index contributed by atoms with van der Waals surface area (Å²) in [6, 6.07) is 2.39. The van der Waals surface area contributed by atoms with E-state index in [-0.39, 0.29) is 11.4 Å². The number of anilines is 1. The first-order valence-corrected chi connectivity index (χ1v) is 6.56. The summed E-state index contributed by atoms with van der Waals surface area (Å²) in [5, 5.41) is 8.65. The van der Waals surface area contributed by atoms with Crippen LogP contribution in [0, 0.1) is 11.6 Å². The van der Waals surface area contributed by atoms with Crippen LogP contribution in [0.4, 0.5) is 14.5 Å². The molecule has 1 aromatic rings. The summed E-state index contributed by atoms with van der Waals surface area (Å²) < 4.78 is 49.7. The summed E-state index contributed by atoms with van der Waals surface area (Å²) in [6.07, 6.45) is 0. The number of aliphatic carboxylic acids is 1. The zero-order valence-corrected chi connectivity index (χ0v) is 10.2. The number of halogens is 2. The molecule has 0 unspecified atom stereocenters. The van der Waals surface area contributed by atoms with E-state index in [2.05, 4.69) is 0 Å². The van der Waals surface area contributed by atoms with Crippen molar-refractivity contribution in [2.45, 2.75) is 6.92 Å². The lowest BCUT2D eigenvalue weighted by molar-refractivity contribution is -0.135. The molecule has 5 nitrogen and oxygen atoms in total. The summed E-state index contributed by atoms with van der Waals surface area (Å²) in [6.45, 7) is 0.477. The predicted octanol–water partition coefficient (Wildman–Crippen LogP) is 1.21. The van der Waals surface area contributed by atoms with Crippen LogP contribution in [0.25, 0.3) is 0 Å². The van der Waals surface area contributed by atoms with E-state index in [0.717, 1.165) is 12.1 Å². The quantitative estimate of drug-likeness (QED) is 0.879. The van der Waals surface area contributed by atoms with Gasteiger partial charge < -0.3 is 5.11 Å². The van der Waals surface area contributed by atoms with E-state index in [1.54, 1.807) is 0 Å². The largest absolute Gasteiger partial charge is 0.480 e. The van der Waals surface area contributed by atoms with E-state index < -0.39 is 34.2 Å². The van der Waals surface area contributed by atoms with Gasteiger partial charge in [-0.15, -0.1) is 0 Å². The number of benzene rings is 1. The third-order valence-corrected chi connectivity index (χ3v) is 3.91. The van der Waals surface area contributed by atoms with Crippen molar-refractivity contribution in [1.29, 1.82) is 0 Å². The highest BCUT2D eigenvalue weighted by atomic mass is 32.2. The molecular weight excluding hydrogens is 268 g/mol. The maximum absolute atomic E-state index is 13.0. The van der Waals surface area contributed by atoms with Gasteiger partial charge >= 0.3 is 5.97 Å². The van der Waals surface area contributed by atoms with Gasteiger partial charge in [0.15, 0.2) is 11.6 Å². The summed E-state index contributed by atoms with van der Waals surface area (Å²) in [7, 11) is -3.87.